The second-order valence-electron chi connectivity index (χ2n) is 4.62. The molecule has 0 atom stereocenters. The number of aryl methyl sites for hydroxylation is 1. The van der Waals surface area contributed by atoms with Crippen molar-refractivity contribution >= 4 is 6.08 Å². The highest BCUT2D eigenvalue weighted by molar-refractivity contribution is 5.47. The Morgan fingerprint density at radius 2 is 2.06 bits per heavy atom. The Morgan fingerprint density at radius 3 is 2.72 bits per heavy atom. The van der Waals surface area contributed by atoms with Crippen molar-refractivity contribution in [3.8, 4) is 0 Å². The predicted molar refractivity (Wildman–Crippen MR) is 75.2 cm³/mol. The summed E-state index contributed by atoms with van der Waals surface area (Å²) in [4.78, 5) is 0. The van der Waals surface area contributed by atoms with Gasteiger partial charge >= 0.3 is 0 Å². The lowest BCUT2D eigenvalue weighted by atomic mass is 10.1. The van der Waals surface area contributed by atoms with Crippen molar-refractivity contribution in [1.29, 1.82) is 0 Å². The standard InChI is InChI=1S/C16H21N2/c1-3-5-10-17-11-12-18(14-17)13-16-8-6-15(4-2)7-9-16/h4,6-9,11-12,14H,2-3,5,10,13H2,1H3/q+1. The highest BCUT2D eigenvalue weighted by atomic mass is 15.1. The minimum absolute atomic E-state index is 0.927. The van der Waals surface area contributed by atoms with E-state index in [-0.39, 0.29) is 0 Å². The van der Waals surface area contributed by atoms with E-state index < -0.39 is 0 Å². The Kier molecular flexibility index (Phi) is 4.35. The molecule has 0 aliphatic heterocycles. The minimum Gasteiger partial charge on any atom is -0.237 e. The number of hydrogen-bond acceptors (Lipinski definition) is 0. The van der Waals surface area contributed by atoms with Crippen LogP contribution in [0.2, 0.25) is 0 Å². The Balaban J connectivity index is 1.99. The van der Waals surface area contributed by atoms with Crippen molar-refractivity contribution in [3.05, 3.63) is 60.7 Å². The Hall–Kier alpha value is -1.83. The van der Waals surface area contributed by atoms with Gasteiger partial charge in [-0.05, 0) is 17.5 Å². The monoisotopic (exact) mass is 241 g/mol. The zero-order valence-corrected chi connectivity index (χ0v) is 11.0. The first-order chi connectivity index (χ1) is 8.81. The van der Waals surface area contributed by atoms with Crippen LogP contribution in [-0.4, -0.2) is 4.57 Å². The van der Waals surface area contributed by atoms with Crippen LogP contribution in [0.25, 0.3) is 6.08 Å². The first kappa shape index (κ1) is 12.6. The smallest absolute Gasteiger partial charge is 0.237 e. The molecule has 0 bridgehead atoms. The third kappa shape index (κ3) is 3.33. The van der Waals surface area contributed by atoms with E-state index in [0.29, 0.717) is 0 Å². The van der Waals surface area contributed by atoms with Crippen molar-refractivity contribution < 1.29 is 4.57 Å². The maximum Gasteiger partial charge on any atom is 0.244 e. The van der Waals surface area contributed by atoms with Gasteiger partial charge in [0.05, 0.1) is 6.54 Å². The van der Waals surface area contributed by atoms with Gasteiger partial charge in [0.15, 0.2) is 0 Å². The molecule has 0 saturated heterocycles. The van der Waals surface area contributed by atoms with Gasteiger partial charge in [-0.25, -0.2) is 9.13 Å². The molecule has 0 spiro atoms. The molecule has 2 heteroatoms. The number of aromatic nitrogens is 2. The van der Waals surface area contributed by atoms with Crippen LogP contribution in [0.15, 0.2) is 49.6 Å². The molecule has 0 unspecified atom stereocenters. The largest absolute Gasteiger partial charge is 0.244 e. The van der Waals surface area contributed by atoms with E-state index in [9.17, 15) is 0 Å². The topological polar surface area (TPSA) is 8.81 Å². The van der Waals surface area contributed by atoms with Crippen molar-refractivity contribution in [2.75, 3.05) is 0 Å². The molecule has 94 valence electrons. The second-order valence-corrected chi connectivity index (χ2v) is 4.62. The molecule has 2 rings (SSSR count). The summed E-state index contributed by atoms with van der Waals surface area (Å²) in [6.45, 7) is 8.03. The zero-order chi connectivity index (χ0) is 12.8. The molecule has 0 fully saturated rings. The van der Waals surface area contributed by atoms with E-state index in [1.165, 1.54) is 24.0 Å². The minimum atomic E-state index is 0.927. The van der Waals surface area contributed by atoms with Crippen LogP contribution in [0.1, 0.15) is 30.9 Å². The van der Waals surface area contributed by atoms with Crippen molar-refractivity contribution in [3.63, 3.8) is 0 Å². The van der Waals surface area contributed by atoms with Gasteiger partial charge < -0.3 is 0 Å². The van der Waals surface area contributed by atoms with Crippen molar-refractivity contribution in [1.82, 2.24) is 4.57 Å². The number of unbranched alkanes of at least 4 members (excludes halogenated alkanes) is 1. The summed E-state index contributed by atoms with van der Waals surface area (Å²) >= 11 is 0. The van der Waals surface area contributed by atoms with Crippen LogP contribution < -0.4 is 4.57 Å². The highest BCUT2D eigenvalue weighted by Gasteiger charge is 2.04. The van der Waals surface area contributed by atoms with Gasteiger partial charge in [0, 0.05) is 0 Å². The fraction of sp³-hybridized carbons (Fsp3) is 0.312. The molecule has 2 nitrogen and oxygen atoms in total. The highest BCUT2D eigenvalue weighted by Crippen LogP contribution is 2.05. The Bertz CT molecular complexity index is 494. The van der Waals surface area contributed by atoms with Gasteiger partial charge in [-0.15, -0.1) is 0 Å². The molecular weight excluding hydrogens is 220 g/mol. The van der Waals surface area contributed by atoms with Crippen molar-refractivity contribution in [2.45, 2.75) is 32.9 Å². The van der Waals surface area contributed by atoms with Crippen LogP contribution in [0.4, 0.5) is 0 Å². The molecule has 0 aliphatic carbocycles. The fourth-order valence-electron chi connectivity index (χ4n) is 1.98. The van der Waals surface area contributed by atoms with Gasteiger partial charge in [-0.3, -0.25) is 0 Å². The first-order valence-corrected chi connectivity index (χ1v) is 6.58. The van der Waals surface area contributed by atoms with Gasteiger partial charge in [-0.1, -0.05) is 50.3 Å². The number of imidazole rings is 1. The maximum atomic E-state index is 3.77. The first-order valence-electron chi connectivity index (χ1n) is 6.58. The average molecular weight is 241 g/mol. The number of nitrogens with zero attached hydrogens (tertiary/aromatic N) is 2. The van der Waals surface area contributed by atoms with E-state index >= 15 is 0 Å². The summed E-state index contributed by atoms with van der Waals surface area (Å²) in [5.41, 5.74) is 2.49. The maximum absolute atomic E-state index is 3.77. The molecule has 1 aromatic carbocycles. The molecule has 0 aliphatic rings. The van der Waals surface area contributed by atoms with Gasteiger partial charge in [0.25, 0.3) is 0 Å². The average Bonchev–Trinajstić information content (AvgIpc) is 2.85. The van der Waals surface area contributed by atoms with E-state index in [2.05, 4.69) is 65.6 Å². The molecule has 0 radical (unpaired) electrons. The molecular formula is C16H21N2+. The molecule has 1 heterocycles. The SMILES string of the molecule is C=Cc1ccc(C[n+]2ccn(CCCC)c2)cc1. The number of rotatable bonds is 6. The summed E-state index contributed by atoms with van der Waals surface area (Å²) in [7, 11) is 0. The van der Waals surface area contributed by atoms with Crippen LogP contribution in [0.3, 0.4) is 0 Å². The lowest BCUT2D eigenvalue weighted by molar-refractivity contribution is -0.687. The molecule has 0 N–H and O–H groups in total. The number of benzene rings is 1. The summed E-state index contributed by atoms with van der Waals surface area (Å²) in [6, 6.07) is 8.54. The van der Waals surface area contributed by atoms with E-state index in [1.807, 2.05) is 6.08 Å². The van der Waals surface area contributed by atoms with Gasteiger partial charge in [0.1, 0.15) is 18.9 Å². The molecule has 18 heavy (non-hydrogen) atoms. The van der Waals surface area contributed by atoms with E-state index in [4.69, 9.17) is 0 Å². The molecule has 0 amide bonds. The summed E-state index contributed by atoms with van der Waals surface area (Å²) in [5.74, 6) is 0. The van der Waals surface area contributed by atoms with Gasteiger partial charge in [-0.2, -0.15) is 0 Å². The van der Waals surface area contributed by atoms with Crippen LogP contribution in [-0.2, 0) is 13.1 Å². The van der Waals surface area contributed by atoms with Crippen LogP contribution in [0, 0.1) is 0 Å². The lowest BCUT2D eigenvalue weighted by Gasteiger charge is -1.99. The fourth-order valence-corrected chi connectivity index (χ4v) is 1.98. The summed E-state index contributed by atoms with van der Waals surface area (Å²) in [5, 5.41) is 0. The lowest BCUT2D eigenvalue weighted by Crippen LogP contribution is -2.31. The predicted octanol–water partition coefficient (Wildman–Crippen LogP) is 3.27. The van der Waals surface area contributed by atoms with Gasteiger partial charge in [0.2, 0.25) is 6.33 Å². The quantitative estimate of drug-likeness (QED) is 0.686. The molecule has 1 aromatic heterocycles. The second kappa shape index (κ2) is 6.20. The Morgan fingerprint density at radius 1 is 1.28 bits per heavy atom. The molecule has 0 saturated carbocycles. The third-order valence-corrected chi connectivity index (χ3v) is 3.10. The summed E-state index contributed by atoms with van der Waals surface area (Å²) in [6.07, 6.45) is 10.8. The number of hydrogen-bond donors (Lipinski definition) is 0. The Labute approximate surface area is 109 Å². The van der Waals surface area contributed by atoms with E-state index in [1.54, 1.807) is 0 Å². The summed E-state index contributed by atoms with van der Waals surface area (Å²) < 4.78 is 4.47. The zero-order valence-electron chi connectivity index (χ0n) is 11.0. The normalized spacial score (nSPS) is 10.5. The van der Waals surface area contributed by atoms with Crippen LogP contribution in [0.5, 0.6) is 0 Å². The van der Waals surface area contributed by atoms with Crippen LogP contribution >= 0.6 is 0 Å². The van der Waals surface area contributed by atoms with E-state index in [0.717, 1.165) is 13.1 Å². The third-order valence-electron chi connectivity index (χ3n) is 3.10. The van der Waals surface area contributed by atoms with Crippen molar-refractivity contribution in [2.24, 2.45) is 0 Å². The molecule has 2 aromatic rings.